The molecule has 2 heterocycles. The summed E-state index contributed by atoms with van der Waals surface area (Å²) in [6, 6.07) is 4.65. The van der Waals surface area contributed by atoms with Crippen LogP contribution in [-0.4, -0.2) is 10.9 Å². The molecule has 6 heteroatoms. The number of nitrogens with zero attached hydrogens (tertiary/aromatic N) is 1. The highest BCUT2D eigenvalue weighted by Gasteiger charge is 2.28. The van der Waals surface area contributed by atoms with Crippen molar-refractivity contribution >= 4 is 11.6 Å². The summed E-state index contributed by atoms with van der Waals surface area (Å²) < 4.78 is 40.5. The van der Waals surface area contributed by atoms with E-state index < -0.39 is 29.5 Å². The van der Waals surface area contributed by atoms with Crippen LogP contribution < -0.4 is 5.32 Å². The number of hydrogen-bond acceptors (Lipinski definition) is 2. The third-order valence-corrected chi connectivity index (χ3v) is 3.34. The summed E-state index contributed by atoms with van der Waals surface area (Å²) in [7, 11) is 0. The van der Waals surface area contributed by atoms with Crippen molar-refractivity contribution in [2.24, 2.45) is 0 Å². The monoisotopic (exact) mass is 278 g/mol. The van der Waals surface area contributed by atoms with Gasteiger partial charge in [0.15, 0.2) is 0 Å². The second-order valence-electron chi connectivity index (χ2n) is 4.60. The molecule has 0 fully saturated rings. The van der Waals surface area contributed by atoms with E-state index in [1.54, 1.807) is 6.92 Å². The van der Waals surface area contributed by atoms with E-state index in [0.717, 1.165) is 12.1 Å². The number of amides is 1. The average Bonchev–Trinajstić information content (AvgIpc) is 2.47. The van der Waals surface area contributed by atoms with Crippen molar-refractivity contribution in [3.8, 4) is 11.1 Å². The number of fused-ring (bicyclic) bond motifs is 3. The van der Waals surface area contributed by atoms with E-state index in [1.807, 2.05) is 0 Å². The van der Waals surface area contributed by atoms with Crippen molar-refractivity contribution in [1.82, 2.24) is 4.98 Å². The minimum absolute atomic E-state index is 0.00259. The number of pyridine rings is 1. The predicted octanol–water partition coefficient (Wildman–Crippen LogP) is 3.22. The highest BCUT2D eigenvalue weighted by molar-refractivity contribution is 6.03. The summed E-state index contributed by atoms with van der Waals surface area (Å²) in [5.74, 6) is -3.74. The molecular weight excluding hydrogens is 269 g/mol. The lowest BCUT2D eigenvalue weighted by Crippen LogP contribution is -2.17. The Morgan fingerprint density at radius 1 is 1.20 bits per heavy atom. The third-order valence-electron chi connectivity index (χ3n) is 3.34. The number of carbonyl (C=O) groups excluding carboxylic acids is 1. The lowest BCUT2D eigenvalue weighted by atomic mass is 9.92. The molecule has 3 nitrogen and oxygen atoms in total. The maximum absolute atomic E-state index is 13.9. The molecule has 0 bridgehead atoms. The number of benzene rings is 1. The van der Waals surface area contributed by atoms with Crippen molar-refractivity contribution in [2.45, 2.75) is 12.8 Å². The van der Waals surface area contributed by atoms with E-state index in [-0.39, 0.29) is 11.3 Å². The van der Waals surface area contributed by atoms with Crippen molar-refractivity contribution in [3.05, 3.63) is 47.5 Å². The first-order valence-electron chi connectivity index (χ1n) is 5.94. The lowest BCUT2D eigenvalue weighted by molar-refractivity contribution is -0.117. The van der Waals surface area contributed by atoms with Crippen LogP contribution in [0.15, 0.2) is 24.3 Å². The molecule has 0 saturated carbocycles. The van der Waals surface area contributed by atoms with E-state index >= 15 is 0 Å². The van der Waals surface area contributed by atoms with Gasteiger partial charge >= 0.3 is 0 Å². The van der Waals surface area contributed by atoms with Crippen molar-refractivity contribution in [3.63, 3.8) is 0 Å². The van der Waals surface area contributed by atoms with Crippen LogP contribution in [0.3, 0.4) is 0 Å². The lowest BCUT2D eigenvalue weighted by Gasteiger charge is -2.11. The molecule has 1 atom stereocenters. The molecular formula is C14H9F3N2O. The van der Waals surface area contributed by atoms with Gasteiger partial charge in [-0.05, 0) is 30.2 Å². The number of aromatic nitrogens is 1. The van der Waals surface area contributed by atoms with Crippen LogP contribution in [0.5, 0.6) is 0 Å². The zero-order chi connectivity index (χ0) is 14.4. The summed E-state index contributed by atoms with van der Waals surface area (Å²) in [6.45, 7) is 1.57. The van der Waals surface area contributed by atoms with Crippen molar-refractivity contribution in [2.75, 3.05) is 5.32 Å². The Kier molecular flexibility index (Phi) is 2.74. The van der Waals surface area contributed by atoms with Crippen LogP contribution in [0.25, 0.3) is 11.1 Å². The zero-order valence-electron chi connectivity index (χ0n) is 10.4. The third kappa shape index (κ3) is 1.84. The van der Waals surface area contributed by atoms with Crippen LogP contribution >= 0.6 is 0 Å². The number of carbonyl (C=O) groups is 1. The Labute approximate surface area is 112 Å². The standard InChI is InChI=1S/C14H9F3N2O/c1-6-9-4-7(15)2-3-8(9)12-10(18-14(6)20)5-11(16)19-13(12)17/h2-6H,1H3,(H,18,20). The molecule has 0 aliphatic carbocycles. The van der Waals surface area contributed by atoms with Crippen molar-refractivity contribution in [1.29, 1.82) is 0 Å². The molecule has 1 amide bonds. The van der Waals surface area contributed by atoms with Gasteiger partial charge < -0.3 is 5.32 Å². The van der Waals surface area contributed by atoms with Gasteiger partial charge in [-0.15, -0.1) is 0 Å². The minimum atomic E-state index is -1.04. The van der Waals surface area contributed by atoms with E-state index in [2.05, 4.69) is 10.3 Å². The molecule has 102 valence electrons. The van der Waals surface area contributed by atoms with E-state index in [1.165, 1.54) is 12.1 Å². The molecule has 1 aliphatic heterocycles. The van der Waals surface area contributed by atoms with Gasteiger partial charge in [-0.1, -0.05) is 6.07 Å². The number of halogens is 3. The topological polar surface area (TPSA) is 42.0 Å². The second kappa shape index (κ2) is 4.33. The van der Waals surface area contributed by atoms with Crippen LogP contribution in [0.4, 0.5) is 18.9 Å². The largest absolute Gasteiger partial charge is 0.325 e. The number of hydrogen-bond donors (Lipinski definition) is 1. The van der Waals surface area contributed by atoms with E-state index in [9.17, 15) is 18.0 Å². The highest BCUT2D eigenvalue weighted by Crippen LogP contribution is 2.39. The number of rotatable bonds is 0. The first kappa shape index (κ1) is 12.7. The van der Waals surface area contributed by atoms with Gasteiger partial charge in [-0.2, -0.15) is 13.8 Å². The highest BCUT2D eigenvalue weighted by atomic mass is 19.1. The molecule has 0 radical (unpaired) electrons. The molecule has 20 heavy (non-hydrogen) atoms. The average molecular weight is 278 g/mol. The fraction of sp³-hybridized carbons (Fsp3) is 0.143. The second-order valence-corrected chi connectivity index (χ2v) is 4.60. The number of nitrogens with one attached hydrogen (secondary N) is 1. The fourth-order valence-corrected chi connectivity index (χ4v) is 2.34. The van der Waals surface area contributed by atoms with Gasteiger partial charge in [0, 0.05) is 6.07 Å². The Hall–Kier alpha value is -2.37. The molecule has 3 rings (SSSR count). The van der Waals surface area contributed by atoms with Gasteiger partial charge in [0.1, 0.15) is 5.82 Å². The minimum Gasteiger partial charge on any atom is -0.325 e. The fourth-order valence-electron chi connectivity index (χ4n) is 2.34. The first-order valence-corrected chi connectivity index (χ1v) is 5.94. The van der Waals surface area contributed by atoms with Gasteiger partial charge in [-0.3, -0.25) is 4.79 Å². The van der Waals surface area contributed by atoms with E-state index in [0.29, 0.717) is 11.1 Å². The van der Waals surface area contributed by atoms with Crippen LogP contribution in [0.2, 0.25) is 0 Å². The van der Waals surface area contributed by atoms with E-state index in [4.69, 9.17) is 0 Å². The molecule has 1 aromatic carbocycles. The Balaban J connectivity index is 2.38. The smallest absolute Gasteiger partial charge is 0.231 e. The maximum atomic E-state index is 13.9. The van der Waals surface area contributed by atoms with Crippen LogP contribution in [0.1, 0.15) is 18.4 Å². The first-order chi connectivity index (χ1) is 9.47. The summed E-state index contributed by atoms with van der Waals surface area (Å²) in [6.07, 6.45) is 0. The molecule has 1 aromatic heterocycles. The van der Waals surface area contributed by atoms with Gasteiger partial charge in [0.05, 0.1) is 17.2 Å². The molecule has 2 aromatic rings. The molecule has 1 N–H and O–H groups in total. The van der Waals surface area contributed by atoms with Crippen molar-refractivity contribution < 1.29 is 18.0 Å². The normalized spacial score (nSPS) is 17.0. The molecule has 1 aliphatic rings. The summed E-state index contributed by atoms with van der Waals surface area (Å²) in [5.41, 5.74) is 0.641. The molecule has 0 spiro atoms. The zero-order valence-corrected chi connectivity index (χ0v) is 10.4. The SMILES string of the molecule is CC1C(=O)Nc2cc(F)nc(F)c2-c2ccc(F)cc21. The Morgan fingerprint density at radius 2 is 1.95 bits per heavy atom. The van der Waals surface area contributed by atoms with Gasteiger partial charge in [0.25, 0.3) is 0 Å². The maximum Gasteiger partial charge on any atom is 0.231 e. The molecule has 0 saturated heterocycles. The number of anilines is 1. The summed E-state index contributed by atoms with van der Waals surface area (Å²) >= 11 is 0. The Bertz CT molecular complexity index is 731. The summed E-state index contributed by atoms with van der Waals surface area (Å²) in [5, 5.41) is 2.44. The van der Waals surface area contributed by atoms with Gasteiger partial charge in [-0.25, -0.2) is 4.39 Å². The summed E-state index contributed by atoms with van der Waals surface area (Å²) in [4.78, 5) is 15.1. The Morgan fingerprint density at radius 3 is 2.70 bits per heavy atom. The molecule has 1 unspecified atom stereocenters. The quantitative estimate of drug-likeness (QED) is 0.752. The van der Waals surface area contributed by atoms with Crippen LogP contribution in [-0.2, 0) is 4.79 Å². The predicted molar refractivity (Wildman–Crippen MR) is 66.6 cm³/mol. The van der Waals surface area contributed by atoms with Crippen LogP contribution in [0, 0.1) is 17.7 Å². The van der Waals surface area contributed by atoms with Gasteiger partial charge in [0.2, 0.25) is 17.8 Å².